The van der Waals surface area contributed by atoms with E-state index >= 15 is 0 Å². The van der Waals surface area contributed by atoms with Crippen molar-refractivity contribution in [2.24, 2.45) is 17.0 Å². The lowest BCUT2D eigenvalue weighted by atomic mass is 9.92. The summed E-state index contributed by atoms with van der Waals surface area (Å²) in [5, 5.41) is 3.32. The highest BCUT2D eigenvalue weighted by atomic mass is 16.5. The van der Waals surface area contributed by atoms with Crippen LogP contribution in [0.4, 0.5) is 0 Å². The van der Waals surface area contributed by atoms with Crippen LogP contribution in [0.3, 0.4) is 0 Å². The van der Waals surface area contributed by atoms with Crippen LogP contribution in [0.2, 0.25) is 0 Å². The van der Waals surface area contributed by atoms with Crippen LogP contribution in [0.15, 0.2) is 47.4 Å². The van der Waals surface area contributed by atoms with Gasteiger partial charge in [0.05, 0.1) is 12.5 Å². The van der Waals surface area contributed by atoms with Crippen LogP contribution >= 0.6 is 0 Å². The first-order valence-corrected chi connectivity index (χ1v) is 8.43. The van der Waals surface area contributed by atoms with Crippen LogP contribution in [0.1, 0.15) is 38.7 Å². The van der Waals surface area contributed by atoms with Gasteiger partial charge in [-0.05, 0) is 30.4 Å². The normalized spacial score (nSPS) is 12.5. The first kappa shape index (κ1) is 20.5. The van der Waals surface area contributed by atoms with Crippen molar-refractivity contribution in [1.29, 1.82) is 5.53 Å². The molecule has 0 aromatic heterocycles. The molecule has 1 aromatic rings. The van der Waals surface area contributed by atoms with Crippen LogP contribution in [-0.2, 0) is 25.7 Å². The maximum Gasteiger partial charge on any atom is 0.309 e. The van der Waals surface area contributed by atoms with Gasteiger partial charge in [-0.15, -0.1) is 5.11 Å². The third-order valence-corrected chi connectivity index (χ3v) is 3.70. The molecule has 0 amide bonds. The minimum atomic E-state index is -0.334. The number of carbonyl (C=O) groups excluding carboxylic acids is 2. The van der Waals surface area contributed by atoms with Gasteiger partial charge in [0.1, 0.15) is 12.9 Å². The van der Waals surface area contributed by atoms with E-state index in [9.17, 15) is 9.59 Å². The second-order valence-corrected chi connectivity index (χ2v) is 5.99. The van der Waals surface area contributed by atoms with Gasteiger partial charge >= 0.3 is 5.97 Å². The Labute approximate surface area is 148 Å². The number of esters is 1. The van der Waals surface area contributed by atoms with Crippen molar-refractivity contribution in [3.63, 3.8) is 0 Å². The standard InChI is InChI=1S/C19H26N2O4/c1-15(2)17(10-11-18(21-20)24-13-7-6-12-22)19(23)25-14-16-8-4-3-5-9-16/h3-5,8-9,11-12,15,17,20H,6-7,10,13-14H2,1-2H3/b18-11+,21-20?/t17-/m0/s1. The first-order valence-electron chi connectivity index (χ1n) is 8.43. The highest BCUT2D eigenvalue weighted by Crippen LogP contribution is 2.20. The highest BCUT2D eigenvalue weighted by molar-refractivity contribution is 5.73. The second kappa shape index (κ2) is 11.9. The molecule has 0 aliphatic rings. The average Bonchev–Trinajstić information content (AvgIpc) is 2.62. The lowest BCUT2D eigenvalue weighted by molar-refractivity contribution is -0.151. The van der Waals surface area contributed by atoms with Crippen molar-refractivity contribution in [1.82, 2.24) is 0 Å². The predicted molar refractivity (Wildman–Crippen MR) is 93.7 cm³/mol. The number of allylic oxidation sites excluding steroid dienone is 1. The van der Waals surface area contributed by atoms with E-state index in [1.807, 2.05) is 44.2 Å². The van der Waals surface area contributed by atoms with Gasteiger partial charge in [-0.1, -0.05) is 44.2 Å². The summed E-state index contributed by atoms with van der Waals surface area (Å²) in [4.78, 5) is 22.6. The maximum absolute atomic E-state index is 12.3. The molecule has 25 heavy (non-hydrogen) atoms. The van der Waals surface area contributed by atoms with E-state index in [1.165, 1.54) is 0 Å². The van der Waals surface area contributed by atoms with Crippen molar-refractivity contribution in [3.8, 4) is 0 Å². The lowest BCUT2D eigenvalue weighted by Crippen LogP contribution is -2.22. The molecule has 1 N–H and O–H groups in total. The molecule has 0 unspecified atom stereocenters. The van der Waals surface area contributed by atoms with Gasteiger partial charge in [0.25, 0.3) is 0 Å². The fraction of sp³-hybridized carbons (Fsp3) is 0.474. The Morgan fingerprint density at radius 3 is 2.56 bits per heavy atom. The molecule has 6 nitrogen and oxygen atoms in total. The number of aldehydes is 1. The van der Waals surface area contributed by atoms with Crippen LogP contribution in [0.5, 0.6) is 0 Å². The van der Waals surface area contributed by atoms with Crippen molar-refractivity contribution < 1.29 is 19.1 Å². The summed E-state index contributed by atoms with van der Waals surface area (Å²) < 4.78 is 10.7. The van der Waals surface area contributed by atoms with E-state index in [0.29, 0.717) is 25.9 Å². The summed E-state index contributed by atoms with van der Waals surface area (Å²) in [6, 6.07) is 9.52. The maximum atomic E-state index is 12.3. The first-order chi connectivity index (χ1) is 12.1. The molecular formula is C19H26N2O4. The fourth-order valence-electron chi connectivity index (χ4n) is 2.18. The number of unbranched alkanes of at least 4 members (excludes halogenated alkanes) is 1. The third kappa shape index (κ3) is 8.24. The lowest BCUT2D eigenvalue weighted by Gasteiger charge is -2.18. The molecule has 0 bridgehead atoms. The van der Waals surface area contributed by atoms with E-state index in [-0.39, 0.29) is 30.3 Å². The Bertz CT molecular complexity index is 570. The third-order valence-electron chi connectivity index (χ3n) is 3.70. The topological polar surface area (TPSA) is 88.8 Å². The molecule has 0 saturated heterocycles. The molecule has 0 fully saturated rings. The number of nitrogens with zero attached hydrogens (tertiary/aromatic N) is 1. The fourth-order valence-corrected chi connectivity index (χ4v) is 2.18. The van der Waals surface area contributed by atoms with Crippen LogP contribution in [-0.4, -0.2) is 18.9 Å². The Hall–Kier alpha value is -2.50. The van der Waals surface area contributed by atoms with Gasteiger partial charge in [0, 0.05) is 6.42 Å². The summed E-state index contributed by atoms with van der Waals surface area (Å²) in [7, 11) is 0. The number of hydrogen-bond acceptors (Lipinski definition) is 6. The molecule has 1 rings (SSSR count). The number of rotatable bonds is 12. The quantitative estimate of drug-likeness (QED) is 0.201. The Kier molecular flexibility index (Phi) is 9.82. The van der Waals surface area contributed by atoms with Gasteiger partial charge in [-0.25, -0.2) is 5.53 Å². The van der Waals surface area contributed by atoms with Gasteiger partial charge in [-0.2, -0.15) is 0 Å². The number of benzene rings is 1. The summed E-state index contributed by atoms with van der Waals surface area (Å²) in [6.07, 6.45) is 3.82. The minimum Gasteiger partial charge on any atom is -0.477 e. The molecule has 0 radical (unpaired) electrons. The largest absolute Gasteiger partial charge is 0.477 e. The number of hydrogen-bond donors (Lipinski definition) is 1. The Morgan fingerprint density at radius 1 is 1.24 bits per heavy atom. The molecule has 1 aromatic carbocycles. The molecule has 0 aliphatic carbocycles. The molecule has 1 atom stereocenters. The molecule has 0 aliphatic heterocycles. The van der Waals surface area contributed by atoms with Crippen LogP contribution in [0.25, 0.3) is 0 Å². The zero-order valence-corrected chi connectivity index (χ0v) is 14.8. The Balaban J connectivity index is 2.56. The van der Waals surface area contributed by atoms with Gasteiger partial charge in [0.15, 0.2) is 0 Å². The van der Waals surface area contributed by atoms with E-state index in [2.05, 4.69) is 5.11 Å². The number of carbonyl (C=O) groups is 2. The summed E-state index contributed by atoms with van der Waals surface area (Å²) in [5.41, 5.74) is 8.08. The minimum absolute atomic E-state index is 0.0848. The van der Waals surface area contributed by atoms with Crippen molar-refractivity contribution in [2.75, 3.05) is 6.61 Å². The van der Waals surface area contributed by atoms with Crippen LogP contribution < -0.4 is 0 Å². The molecule has 0 heterocycles. The molecular weight excluding hydrogens is 320 g/mol. The van der Waals surface area contributed by atoms with Crippen LogP contribution in [0, 0.1) is 17.4 Å². The highest BCUT2D eigenvalue weighted by Gasteiger charge is 2.23. The molecule has 0 spiro atoms. The van der Waals surface area contributed by atoms with Gasteiger partial charge in [0.2, 0.25) is 5.88 Å². The number of nitrogens with one attached hydrogen (secondary N) is 1. The predicted octanol–water partition coefficient (Wildman–Crippen LogP) is 4.26. The van der Waals surface area contributed by atoms with Gasteiger partial charge < -0.3 is 14.3 Å². The summed E-state index contributed by atoms with van der Waals surface area (Å²) >= 11 is 0. The van der Waals surface area contributed by atoms with E-state index < -0.39 is 0 Å². The average molecular weight is 346 g/mol. The zero-order chi connectivity index (χ0) is 18.5. The second-order valence-electron chi connectivity index (χ2n) is 5.99. The van der Waals surface area contributed by atoms with Gasteiger partial charge in [-0.3, -0.25) is 4.79 Å². The Morgan fingerprint density at radius 2 is 1.96 bits per heavy atom. The van der Waals surface area contributed by atoms with E-state index in [1.54, 1.807) is 6.08 Å². The van der Waals surface area contributed by atoms with Crippen molar-refractivity contribution in [3.05, 3.63) is 47.9 Å². The number of ether oxygens (including phenoxy) is 2. The summed E-state index contributed by atoms with van der Waals surface area (Å²) in [6.45, 7) is 4.46. The zero-order valence-electron chi connectivity index (χ0n) is 14.8. The molecule has 136 valence electrons. The van der Waals surface area contributed by atoms with Crippen molar-refractivity contribution in [2.45, 2.75) is 39.7 Å². The summed E-state index contributed by atoms with van der Waals surface area (Å²) in [5.74, 6) is -0.367. The monoisotopic (exact) mass is 346 g/mol. The molecule has 6 heteroatoms. The molecule has 0 saturated carbocycles. The van der Waals surface area contributed by atoms with Crippen molar-refractivity contribution >= 4 is 12.3 Å². The van der Waals surface area contributed by atoms with E-state index in [0.717, 1.165) is 11.8 Å². The van der Waals surface area contributed by atoms with E-state index in [4.69, 9.17) is 15.0 Å². The smallest absolute Gasteiger partial charge is 0.309 e. The SMILES string of the molecule is CC(C)[C@H](C/C=C(\N=N)OCCCC=O)C(=O)OCc1ccccc1.